The number of aromatic amines is 1. The third kappa shape index (κ3) is 2.98. The van der Waals surface area contributed by atoms with Crippen molar-refractivity contribution < 1.29 is 31.1 Å². The number of anilines is 1. The van der Waals surface area contributed by atoms with E-state index in [-0.39, 0.29) is 28.7 Å². The summed E-state index contributed by atoms with van der Waals surface area (Å²) < 4.78 is 78.7. The summed E-state index contributed by atoms with van der Waals surface area (Å²) in [6.45, 7) is 0. The second kappa shape index (κ2) is 5.97. The molecule has 1 amide bonds. The molecule has 4 rings (SSSR count). The normalized spacial score (nSPS) is 18.4. The van der Waals surface area contributed by atoms with Crippen molar-refractivity contribution >= 4 is 33.7 Å². The number of hydrogen-bond acceptors (Lipinski definition) is 4. The number of amides is 1. The largest absolute Gasteiger partial charge is 0.416 e. The first-order valence-corrected chi connectivity index (χ1v) is 8.05. The standard InChI is InChI=1S/C16H11F6N5O/c17-15(18,19)7-1-2-9-8(5-7)12-13(25-9)23-6-24-14(12)26-27-10(16(20,21)22)3-4-11(27)28/h1-2,5-6,10H,3-4H2,(H2,23,24,25,26). The lowest BCUT2D eigenvalue weighted by atomic mass is 10.1. The molecule has 2 aromatic heterocycles. The van der Waals surface area contributed by atoms with Crippen LogP contribution in [-0.2, 0) is 11.0 Å². The molecular formula is C16H11F6N5O. The van der Waals surface area contributed by atoms with E-state index in [0.29, 0.717) is 10.5 Å². The minimum Gasteiger partial charge on any atom is -0.339 e. The van der Waals surface area contributed by atoms with Crippen LogP contribution >= 0.6 is 0 Å². The monoisotopic (exact) mass is 403 g/mol. The Balaban J connectivity index is 1.84. The number of benzene rings is 1. The molecule has 1 aromatic carbocycles. The molecular weight excluding hydrogens is 392 g/mol. The number of aromatic nitrogens is 3. The van der Waals surface area contributed by atoms with E-state index in [1.165, 1.54) is 6.07 Å². The van der Waals surface area contributed by atoms with Gasteiger partial charge in [0.15, 0.2) is 5.82 Å². The molecule has 0 spiro atoms. The van der Waals surface area contributed by atoms with Crippen LogP contribution in [0.1, 0.15) is 18.4 Å². The minimum atomic E-state index is -4.66. The van der Waals surface area contributed by atoms with Crippen LogP contribution in [-0.4, -0.2) is 38.1 Å². The van der Waals surface area contributed by atoms with Crippen LogP contribution in [0.5, 0.6) is 0 Å². The molecule has 3 aromatic rings. The number of hydrogen-bond donors (Lipinski definition) is 2. The van der Waals surface area contributed by atoms with Gasteiger partial charge in [0.1, 0.15) is 18.0 Å². The van der Waals surface area contributed by atoms with Crippen LogP contribution in [0.4, 0.5) is 32.2 Å². The first-order chi connectivity index (χ1) is 13.1. The highest BCUT2D eigenvalue weighted by Crippen LogP contribution is 2.37. The molecule has 28 heavy (non-hydrogen) atoms. The summed E-state index contributed by atoms with van der Waals surface area (Å²) in [5.41, 5.74) is 1.83. The van der Waals surface area contributed by atoms with Crippen molar-refractivity contribution in [3.63, 3.8) is 0 Å². The molecule has 0 bridgehead atoms. The number of carbonyl (C=O) groups is 1. The second-order valence-corrected chi connectivity index (χ2v) is 6.30. The van der Waals surface area contributed by atoms with Crippen LogP contribution in [0.15, 0.2) is 24.5 Å². The Hall–Kier alpha value is -3.05. The van der Waals surface area contributed by atoms with Gasteiger partial charge in [-0.25, -0.2) is 15.0 Å². The third-order valence-corrected chi connectivity index (χ3v) is 4.53. The Morgan fingerprint density at radius 3 is 2.57 bits per heavy atom. The Kier molecular flexibility index (Phi) is 3.91. The predicted octanol–water partition coefficient (Wildman–Crippen LogP) is 4.01. The van der Waals surface area contributed by atoms with Crippen molar-refractivity contribution in [1.29, 1.82) is 0 Å². The van der Waals surface area contributed by atoms with Crippen molar-refractivity contribution in [1.82, 2.24) is 20.0 Å². The Morgan fingerprint density at radius 1 is 1.14 bits per heavy atom. The van der Waals surface area contributed by atoms with E-state index in [0.717, 1.165) is 18.5 Å². The molecule has 148 valence electrons. The lowest BCUT2D eigenvalue weighted by Crippen LogP contribution is -2.46. The molecule has 0 radical (unpaired) electrons. The Bertz CT molecular complexity index is 1070. The van der Waals surface area contributed by atoms with E-state index in [1.54, 1.807) is 0 Å². The topological polar surface area (TPSA) is 73.9 Å². The highest BCUT2D eigenvalue weighted by atomic mass is 19.4. The molecule has 1 aliphatic rings. The van der Waals surface area contributed by atoms with Gasteiger partial charge in [-0.15, -0.1) is 0 Å². The lowest BCUT2D eigenvalue weighted by molar-refractivity contribution is -0.177. The summed E-state index contributed by atoms with van der Waals surface area (Å²) in [4.78, 5) is 22.5. The van der Waals surface area contributed by atoms with Crippen molar-refractivity contribution in [2.45, 2.75) is 31.2 Å². The van der Waals surface area contributed by atoms with Gasteiger partial charge >= 0.3 is 12.4 Å². The van der Waals surface area contributed by atoms with Gasteiger partial charge in [0.05, 0.1) is 10.9 Å². The van der Waals surface area contributed by atoms with Crippen LogP contribution in [0.3, 0.4) is 0 Å². The van der Waals surface area contributed by atoms with Crippen molar-refractivity contribution in [2.75, 3.05) is 5.43 Å². The average molecular weight is 403 g/mol. The highest BCUT2D eigenvalue weighted by molar-refractivity contribution is 6.11. The van der Waals surface area contributed by atoms with Crippen molar-refractivity contribution in [3.8, 4) is 0 Å². The fourth-order valence-electron chi connectivity index (χ4n) is 3.23. The second-order valence-electron chi connectivity index (χ2n) is 6.30. The first-order valence-electron chi connectivity index (χ1n) is 8.05. The Labute approximate surface area is 152 Å². The zero-order valence-corrected chi connectivity index (χ0v) is 13.8. The van der Waals surface area contributed by atoms with Gasteiger partial charge in [-0.3, -0.25) is 10.2 Å². The number of nitrogens with zero attached hydrogens (tertiary/aromatic N) is 3. The Morgan fingerprint density at radius 2 is 1.89 bits per heavy atom. The van der Waals surface area contributed by atoms with Gasteiger partial charge in [0, 0.05) is 17.3 Å². The summed E-state index contributed by atoms with van der Waals surface area (Å²) in [5, 5.41) is 0.557. The molecule has 1 fully saturated rings. The summed E-state index contributed by atoms with van der Waals surface area (Å²) in [5.74, 6) is -0.981. The van der Waals surface area contributed by atoms with Gasteiger partial charge in [-0.1, -0.05) is 0 Å². The third-order valence-electron chi connectivity index (χ3n) is 4.53. The molecule has 1 unspecified atom stereocenters. The maximum atomic E-state index is 13.2. The van der Waals surface area contributed by atoms with Crippen LogP contribution in [0, 0.1) is 0 Å². The average Bonchev–Trinajstić information content (AvgIpc) is 3.14. The maximum absolute atomic E-state index is 13.2. The summed E-state index contributed by atoms with van der Waals surface area (Å²) >= 11 is 0. The molecule has 2 N–H and O–H groups in total. The predicted molar refractivity (Wildman–Crippen MR) is 85.9 cm³/mol. The summed E-state index contributed by atoms with van der Waals surface area (Å²) in [6.07, 6.45) is -8.96. The summed E-state index contributed by atoms with van der Waals surface area (Å²) in [6, 6.07) is 0.877. The van der Waals surface area contributed by atoms with Crippen molar-refractivity contribution in [3.05, 3.63) is 30.1 Å². The molecule has 12 heteroatoms. The van der Waals surface area contributed by atoms with Gasteiger partial charge in [-0.2, -0.15) is 26.3 Å². The lowest BCUT2D eigenvalue weighted by Gasteiger charge is -2.27. The zero-order chi connectivity index (χ0) is 20.3. The number of halogens is 6. The fraction of sp³-hybridized carbons (Fsp3) is 0.312. The van der Waals surface area contributed by atoms with Crippen LogP contribution in [0.2, 0.25) is 0 Å². The van der Waals surface area contributed by atoms with E-state index < -0.39 is 36.3 Å². The van der Waals surface area contributed by atoms with E-state index in [9.17, 15) is 31.1 Å². The molecule has 6 nitrogen and oxygen atoms in total. The number of rotatable bonds is 2. The van der Waals surface area contributed by atoms with Crippen molar-refractivity contribution in [2.24, 2.45) is 0 Å². The molecule has 1 atom stereocenters. The summed E-state index contributed by atoms with van der Waals surface area (Å²) in [7, 11) is 0. The quantitative estimate of drug-likeness (QED) is 0.635. The number of fused-ring (bicyclic) bond motifs is 3. The van der Waals surface area contributed by atoms with E-state index in [2.05, 4.69) is 20.4 Å². The van der Waals surface area contributed by atoms with Crippen LogP contribution in [0.25, 0.3) is 21.9 Å². The molecule has 3 heterocycles. The first kappa shape index (κ1) is 18.3. The van der Waals surface area contributed by atoms with Crippen LogP contribution < -0.4 is 5.43 Å². The van der Waals surface area contributed by atoms with Gasteiger partial charge in [0.25, 0.3) is 0 Å². The number of nitrogens with one attached hydrogen (secondary N) is 2. The number of carbonyl (C=O) groups excluding carboxylic acids is 1. The molecule has 1 aliphatic heterocycles. The SMILES string of the molecule is O=C1CCC(C(F)(F)F)N1Nc1ncnc2[nH]c3ccc(C(F)(F)F)cc3c12. The molecule has 0 saturated carbocycles. The zero-order valence-electron chi connectivity index (χ0n) is 13.8. The number of H-pyrrole nitrogens is 1. The van der Waals surface area contributed by atoms with E-state index >= 15 is 0 Å². The van der Waals surface area contributed by atoms with Gasteiger partial charge < -0.3 is 4.98 Å². The fourth-order valence-corrected chi connectivity index (χ4v) is 3.23. The van der Waals surface area contributed by atoms with Gasteiger partial charge in [-0.05, 0) is 24.6 Å². The van der Waals surface area contributed by atoms with Gasteiger partial charge in [0.2, 0.25) is 5.91 Å². The minimum absolute atomic E-state index is 0.0595. The smallest absolute Gasteiger partial charge is 0.339 e. The van der Waals surface area contributed by atoms with E-state index in [4.69, 9.17) is 0 Å². The molecule has 1 saturated heterocycles. The van der Waals surface area contributed by atoms with E-state index in [1.807, 2.05) is 0 Å². The number of alkyl halides is 6. The highest BCUT2D eigenvalue weighted by Gasteiger charge is 2.49. The maximum Gasteiger partial charge on any atom is 0.416 e. The number of hydrazine groups is 1. The molecule has 0 aliphatic carbocycles.